The lowest BCUT2D eigenvalue weighted by Crippen LogP contribution is -2.32. The van der Waals surface area contributed by atoms with Gasteiger partial charge in [0.05, 0.1) is 0 Å². The third-order valence-electron chi connectivity index (χ3n) is 11.4. The van der Waals surface area contributed by atoms with E-state index < -0.39 is 0 Å². The summed E-state index contributed by atoms with van der Waals surface area (Å²) in [5.41, 5.74) is 0. The molecule has 0 atom stereocenters. The molecule has 0 spiro atoms. The van der Waals surface area contributed by atoms with Crippen molar-refractivity contribution < 1.29 is 0 Å². The highest BCUT2D eigenvalue weighted by Gasteiger charge is 2.37. The van der Waals surface area contributed by atoms with Crippen molar-refractivity contribution in [3.05, 3.63) is 0 Å². The highest BCUT2D eigenvalue weighted by Crippen LogP contribution is 2.49. The van der Waals surface area contributed by atoms with E-state index >= 15 is 0 Å². The SMILES string of the molecule is C1CCC(C2CCC(C3CCC(C4CCC(C5CCCCC5)CC4)CC3)CC2)CC1. The van der Waals surface area contributed by atoms with Gasteiger partial charge in [-0.3, -0.25) is 0 Å². The summed E-state index contributed by atoms with van der Waals surface area (Å²) in [4.78, 5) is 0. The third-order valence-corrected chi connectivity index (χ3v) is 11.4. The summed E-state index contributed by atoms with van der Waals surface area (Å²) in [6.45, 7) is 0. The van der Waals surface area contributed by atoms with E-state index in [1.165, 1.54) is 38.5 Å². The maximum atomic E-state index is 1.60. The zero-order chi connectivity index (χ0) is 20.2. The minimum Gasteiger partial charge on any atom is -0.0533 e. The van der Waals surface area contributed by atoms with E-state index in [9.17, 15) is 0 Å². The van der Waals surface area contributed by atoms with Crippen LogP contribution in [0.4, 0.5) is 0 Å². The minimum atomic E-state index is 1.12. The minimum absolute atomic E-state index is 1.12. The van der Waals surface area contributed by atoms with Crippen molar-refractivity contribution in [3.63, 3.8) is 0 Å². The van der Waals surface area contributed by atoms with Gasteiger partial charge in [0.25, 0.3) is 0 Å². The van der Waals surface area contributed by atoms with Crippen molar-refractivity contribution in [2.45, 2.75) is 141 Å². The van der Waals surface area contributed by atoms with Crippen LogP contribution in [0, 0.1) is 47.3 Å². The van der Waals surface area contributed by atoms with Crippen LogP contribution in [0.1, 0.15) is 141 Å². The van der Waals surface area contributed by atoms with Crippen molar-refractivity contribution in [1.29, 1.82) is 0 Å². The molecule has 0 heterocycles. The Morgan fingerprint density at radius 1 is 0.167 bits per heavy atom. The Bertz CT molecular complexity index is 426. The molecular weight excluding hydrogens is 360 g/mol. The summed E-state index contributed by atoms with van der Waals surface area (Å²) >= 11 is 0. The van der Waals surface area contributed by atoms with Gasteiger partial charge in [-0.1, -0.05) is 64.2 Å². The molecule has 0 aromatic carbocycles. The smallest absolute Gasteiger partial charge is 0.0386 e. The molecule has 5 rings (SSSR count). The number of hydrogen-bond acceptors (Lipinski definition) is 0. The monoisotopic (exact) mass is 412 g/mol. The van der Waals surface area contributed by atoms with Crippen LogP contribution in [0.2, 0.25) is 0 Å². The molecule has 0 heteroatoms. The molecule has 5 aliphatic rings. The zero-order valence-electron chi connectivity index (χ0n) is 20.2. The molecule has 5 fully saturated rings. The summed E-state index contributed by atoms with van der Waals surface area (Å²) in [6, 6.07) is 0. The summed E-state index contributed by atoms with van der Waals surface area (Å²) < 4.78 is 0. The summed E-state index contributed by atoms with van der Waals surface area (Å²) in [6.07, 6.45) is 34.7. The Morgan fingerprint density at radius 3 is 0.533 bits per heavy atom. The van der Waals surface area contributed by atoms with Gasteiger partial charge >= 0.3 is 0 Å². The Kier molecular flexibility index (Phi) is 7.82. The van der Waals surface area contributed by atoms with E-state index in [4.69, 9.17) is 0 Å². The molecule has 0 N–H and O–H groups in total. The van der Waals surface area contributed by atoms with Crippen molar-refractivity contribution in [3.8, 4) is 0 Å². The van der Waals surface area contributed by atoms with E-state index in [2.05, 4.69) is 0 Å². The highest BCUT2D eigenvalue weighted by molar-refractivity contribution is 4.88. The fourth-order valence-corrected chi connectivity index (χ4v) is 9.47. The highest BCUT2D eigenvalue weighted by atomic mass is 14.4. The Morgan fingerprint density at radius 2 is 0.333 bits per heavy atom. The van der Waals surface area contributed by atoms with Crippen LogP contribution < -0.4 is 0 Å². The fraction of sp³-hybridized carbons (Fsp3) is 1.00. The summed E-state index contributed by atoms with van der Waals surface area (Å²) in [7, 11) is 0. The topological polar surface area (TPSA) is 0 Å². The zero-order valence-corrected chi connectivity index (χ0v) is 20.2. The molecule has 30 heavy (non-hydrogen) atoms. The van der Waals surface area contributed by atoms with Crippen LogP contribution in [-0.4, -0.2) is 0 Å². The molecule has 5 saturated carbocycles. The van der Waals surface area contributed by atoms with Crippen molar-refractivity contribution in [2.75, 3.05) is 0 Å². The van der Waals surface area contributed by atoms with Gasteiger partial charge in [-0.15, -0.1) is 0 Å². The molecule has 0 nitrogen and oxygen atoms in total. The predicted molar refractivity (Wildman–Crippen MR) is 129 cm³/mol. The van der Waals surface area contributed by atoms with Crippen LogP contribution in [0.3, 0.4) is 0 Å². The van der Waals surface area contributed by atoms with Crippen LogP contribution in [-0.2, 0) is 0 Å². The standard InChI is InChI=1S/C30H52/c1-3-7-23(8-4-1)25-11-15-27(16-12-25)29-19-21-30(22-20-29)28-17-13-26(14-18-28)24-9-5-2-6-10-24/h23-30H,1-22H2. The molecule has 0 unspecified atom stereocenters. The average molecular weight is 413 g/mol. The predicted octanol–water partition coefficient (Wildman–Crippen LogP) is 9.57. The second kappa shape index (κ2) is 10.7. The Balaban J connectivity index is 1.01. The molecule has 0 amide bonds. The van der Waals surface area contributed by atoms with E-state index in [-0.39, 0.29) is 0 Å². The second-order valence-electron chi connectivity index (χ2n) is 12.8. The van der Waals surface area contributed by atoms with Gasteiger partial charge < -0.3 is 0 Å². The molecule has 0 radical (unpaired) electrons. The van der Waals surface area contributed by atoms with Crippen molar-refractivity contribution >= 4 is 0 Å². The molecule has 0 aromatic rings. The number of rotatable bonds is 4. The number of hydrogen-bond donors (Lipinski definition) is 0. The largest absolute Gasteiger partial charge is 0.0533 e. The van der Waals surface area contributed by atoms with Crippen molar-refractivity contribution in [1.82, 2.24) is 0 Å². The molecule has 0 aliphatic heterocycles. The Hall–Kier alpha value is 0. The van der Waals surface area contributed by atoms with Gasteiger partial charge in [-0.25, -0.2) is 0 Å². The third kappa shape index (κ3) is 5.31. The van der Waals surface area contributed by atoms with Crippen LogP contribution >= 0.6 is 0 Å². The van der Waals surface area contributed by atoms with Gasteiger partial charge in [0.2, 0.25) is 0 Å². The van der Waals surface area contributed by atoms with Gasteiger partial charge in [0.15, 0.2) is 0 Å². The lowest BCUT2D eigenvalue weighted by Gasteiger charge is -2.43. The van der Waals surface area contributed by atoms with Gasteiger partial charge in [0.1, 0.15) is 0 Å². The molecular formula is C30H52. The van der Waals surface area contributed by atoms with Crippen LogP contribution in [0.5, 0.6) is 0 Å². The fourth-order valence-electron chi connectivity index (χ4n) is 9.47. The first-order valence-electron chi connectivity index (χ1n) is 14.9. The molecule has 172 valence electrons. The van der Waals surface area contributed by atoms with Crippen LogP contribution in [0.25, 0.3) is 0 Å². The first-order chi connectivity index (χ1) is 14.9. The summed E-state index contributed by atoms with van der Waals surface area (Å²) in [5.74, 6) is 8.97. The van der Waals surface area contributed by atoms with E-state index in [1.807, 2.05) is 0 Å². The lowest BCUT2D eigenvalue weighted by molar-refractivity contribution is 0.0809. The Labute approximate surface area is 188 Å². The maximum Gasteiger partial charge on any atom is -0.0386 e. The van der Waals surface area contributed by atoms with Crippen LogP contribution in [0.15, 0.2) is 0 Å². The molecule has 0 bridgehead atoms. The maximum absolute atomic E-state index is 1.60. The van der Waals surface area contributed by atoms with Gasteiger partial charge in [-0.2, -0.15) is 0 Å². The van der Waals surface area contributed by atoms with Crippen molar-refractivity contribution in [2.24, 2.45) is 47.3 Å². The first-order valence-corrected chi connectivity index (χ1v) is 14.9. The van der Waals surface area contributed by atoms with E-state index in [0.29, 0.717) is 0 Å². The normalized spacial score (nSPS) is 42.8. The molecule has 5 aliphatic carbocycles. The van der Waals surface area contributed by atoms with E-state index in [0.717, 1.165) is 47.3 Å². The lowest BCUT2D eigenvalue weighted by atomic mass is 9.62. The first kappa shape index (κ1) is 21.8. The van der Waals surface area contributed by atoms with Gasteiger partial charge in [-0.05, 0) is 124 Å². The van der Waals surface area contributed by atoms with E-state index in [1.54, 1.807) is 103 Å². The average Bonchev–Trinajstić information content (AvgIpc) is 2.85. The summed E-state index contributed by atoms with van der Waals surface area (Å²) in [5, 5.41) is 0. The quantitative estimate of drug-likeness (QED) is 0.431. The molecule has 0 aromatic heterocycles. The molecule has 0 saturated heterocycles. The second-order valence-corrected chi connectivity index (χ2v) is 12.8. The van der Waals surface area contributed by atoms with Gasteiger partial charge in [0, 0.05) is 0 Å².